The van der Waals surface area contributed by atoms with Crippen LogP contribution in [-0.2, 0) is 0 Å². The quantitative estimate of drug-likeness (QED) is 0.199. The SMILES string of the molecule is c1cc(-c2ccc3ccccc3c2)cc(N(c2cc3ccccc3c3ccccc23)c2cccc3c2oc2ccccc23)c1. The van der Waals surface area contributed by atoms with Gasteiger partial charge in [0.05, 0.1) is 11.4 Å². The number of furan rings is 1. The normalized spacial score (nSPS) is 11.6. The van der Waals surface area contributed by atoms with E-state index in [1.54, 1.807) is 0 Å². The lowest BCUT2D eigenvalue weighted by Crippen LogP contribution is -2.11. The predicted octanol–water partition coefficient (Wildman–Crippen LogP) is 12.2. The Morgan fingerprint density at radius 3 is 1.91 bits per heavy atom. The second-order valence-electron chi connectivity index (χ2n) is 11.4. The van der Waals surface area contributed by atoms with Gasteiger partial charge in [-0.3, -0.25) is 0 Å². The Morgan fingerprint density at radius 2 is 1.02 bits per heavy atom. The summed E-state index contributed by atoms with van der Waals surface area (Å²) < 4.78 is 6.63. The van der Waals surface area contributed by atoms with Crippen molar-refractivity contribution in [2.75, 3.05) is 4.90 Å². The van der Waals surface area contributed by atoms with Crippen molar-refractivity contribution in [3.05, 3.63) is 164 Å². The van der Waals surface area contributed by atoms with Gasteiger partial charge < -0.3 is 9.32 Å². The molecule has 44 heavy (non-hydrogen) atoms. The molecule has 206 valence electrons. The molecule has 1 aromatic heterocycles. The molecule has 0 saturated carbocycles. The summed E-state index contributed by atoms with van der Waals surface area (Å²) in [6, 6.07) is 58.6. The van der Waals surface area contributed by atoms with Crippen LogP contribution < -0.4 is 4.90 Å². The first-order chi connectivity index (χ1) is 21.8. The largest absolute Gasteiger partial charge is 0.454 e. The molecule has 1 heterocycles. The Morgan fingerprint density at radius 1 is 0.364 bits per heavy atom. The summed E-state index contributed by atoms with van der Waals surface area (Å²) in [5.41, 5.74) is 7.32. The maximum Gasteiger partial charge on any atom is 0.159 e. The van der Waals surface area contributed by atoms with E-state index in [1.807, 2.05) is 6.07 Å². The molecule has 2 nitrogen and oxygen atoms in total. The maximum absolute atomic E-state index is 6.63. The molecule has 0 fully saturated rings. The van der Waals surface area contributed by atoms with Gasteiger partial charge in [-0.05, 0) is 74.5 Å². The average molecular weight is 562 g/mol. The summed E-state index contributed by atoms with van der Waals surface area (Å²) in [5.74, 6) is 0. The summed E-state index contributed by atoms with van der Waals surface area (Å²) in [6.07, 6.45) is 0. The molecule has 0 aliphatic heterocycles. The highest BCUT2D eigenvalue weighted by Crippen LogP contribution is 2.46. The summed E-state index contributed by atoms with van der Waals surface area (Å²) >= 11 is 0. The Hall–Kier alpha value is -5.86. The summed E-state index contributed by atoms with van der Waals surface area (Å²) in [7, 11) is 0. The van der Waals surface area contributed by atoms with Crippen LogP contribution in [0.3, 0.4) is 0 Å². The van der Waals surface area contributed by atoms with E-state index < -0.39 is 0 Å². The van der Waals surface area contributed by atoms with Crippen LogP contribution in [0, 0.1) is 0 Å². The first-order valence-corrected chi connectivity index (χ1v) is 15.0. The molecule has 2 heteroatoms. The van der Waals surface area contributed by atoms with E-state index >= 15 is 0 Å². The minimum Gasteiger partial charge on any atom is -0.454 e. The highest BCUT2D eigenvalue weighted by atomic mass is 16.3. The molecule has 0 atom stereocenters. The lowest BCUT2D eigenvalue weighted by molar-refractivity contribution is 0.669. The minimum absolute atomic E-state index is 0.877. The topological polar surface area (TPSA) is 16.4 Å². The van der Waals surface area contributed by atoms with Crippen LogP contribution in [0.5, 0.6) is 0 Å². The summed E-state index contributed by atoms with van der Waals surface area (Å²) in [5, 5.41) is 9.58. The smallest absolute Gasteiger partial charge is 0.159 e. The molecule has 0 bridgehead atoms. The lowest BCUT2D eigenvalue weighted by Gasteiger charge is -2.28. The van der Waals surface area contributed by atoms with Crippen LogP contribution in [-0.4, -0.2) is 0 Å². The third-order valence-corrected chi connectivity index (χ3v) is 8.80. The van der Waals surface area contributed by atoms with Gasteiger partial charge in [0.25, 0.3) is 0 Å². The van der Waals surface area contributed by atoms with E-state index in [0.717, 1.165) is 39.0 Å². The van der Waals surface area contributed by atoms with Gasteiger partial charge in [0.1, 0.15) is 5.58 Å². The average Bonchev–Trinajstić information content (AvgIpc) is 3.48. The Bertz CT molecular complexity index is 2520. The van der Waals surface area contributed by atoms with Gasteiger partial charge in [0.15, 0.2) is 5.58 Å². The number of benzene rings is 8. The van der Waals surface area contributed by atoms with Gasteiger partial charge in [-0.15, -0.1) is 0 Å². The van der Waals surface area contributed by atoms with Crippen LogP contribution >= 0.6 is 0 Å². The molecule has 0 aliphatic carbocycles. The molecule has 0 amide bonds. The molecule has 9 aromatic rings. The summed E-state index contributed by atoms with van der Waals surface area (Å²) in [4.78, 5) is 2.38. The van der Waals surface area contributed by atoms with Crippen LogP contribution in [0.2, 0.25) is 0 Å². The standard InChI is InChI=1S/C42H27NO/c1-2-12-29-25-31(24-23-28(29)11-1)30-14-9-15-33(26-30)43(39-21-10-20-38-37-19-7-8-22-41(37)44-42(38)39)40-27-32-13-3-4-16-34(32)35-17-5-6-18-36(35)40/h1-27H. The van der Waals surface area contributed by atoms with E-state index in [1.165, 1.54) is 43.4 Å². The molecule has 0 saturated heterocycles. The Kier molecular flexibility index (Phi) is 5.54. The second-order valence-corrected chi connectivity index (χ2v) is 11.4. The first kappa shape index (κ1) is 24.7. The van der Waals surface area contributed by atoms with Gasteiger partial charge in [-0.25, -0.2) is 0 Å². The monoisotopic (exact) mass is 561 g/mol. The molecular weight excluding hydrogens is 534 g/mol. The number of rotatable bonds is 4. The number of hydrogen-bond acceptors (Lipinski definition) is 2. The van der Waals surface area contributed by atoms with Crippen molar-refractivity contribution < 1.29 is 4.42 Å². The molecule has 8 aromatic carbocycles. The fourth-order valence-corrected chi connectivity index (χ4v) is 6.73. The highest BCUT2D eigenvalue weighted by Gasteiger charge is 2.22. The van der Waals surface area contributed by atoms with E-state index in [2.05, 4.69) is 163 Å². The third-order valence-electron chi connectivity index (χ3n) is 8.80. The predicted molar refractivity (Wildman–Crippen MR) is 186 cm³/mol. The fourth-order valence-electron chi connectivity index (χ4n) is 6.73. The van der Waals surface area contributed by atoms with Crippen molar-refractivity contribution in [2.24, 2.45) is 0 Å². The number of fused-ring (bicyclic) bond motifs is 7. The molecule has 0 N–H and O–H groups in total. The van der Waals surface area contributed by atoms with E-state index in [-0.39, 0.29) is 0 Å². The van der Waals surface area contributed by atoms with Crippen molar-refractivity contribution in [1.82, 2.24) is 0 Å². The van der Waals surface area contributed by atoms with E-state index in [4.69, 9.17) is 4.42 Å². The van der Waals surface area contributed by atoms with E-state index in [0.29, 0.717) is 0 Å². The fraction of sp³-hybridized carbons (Fsp3) is 0. The Labute approximate surface area is 255 Å². The zero-order valence-corrected chi connectivity index (χ0v) is 23.9. The second kappa shape index (κ2) is 9.86. The zero-order valence-electron chi connectivity index (χ0n) is 23.9. The van der Waals surface area contributed by atoms with E-state index in [9.17, 15) is 0 Å². The maximum atomic E-state index is 6.63. The van der Waals surface area contributed by atoms with Crippen molar-refractivity contribution in [3.63, 3.8) is 0 Å². The molecule has 0 radical (unpaired) electrons. The minimum atomic E-state index is 0.877. The van der Waals surface area contributed by atoms with Crippen LogP contribution in [0.1, 0.15) is 0 Å². The van der Waals surface area contributed by atoms with Gasteiger partial charge in [0.2, 0.25) is 0 Å². The molecule has 0 unspecified atom stereocenters. The van der Waals surface area contributed by atoms with Crippen molar-refractivity contribution in [2.45, 2.75) is 0 Å². The van der Waals surface area contributed by atoms with Crippen molar-refractivity contribution in [1.29, 1.82) is 0 Å². The van der Waals surface area contributed by atoms with Crippen LogP contribution in [0.4, 0.5) is 17.1 Å². The van der Waals surface area contributed by atoms with Crippen molar-refractivity contribution in [3.8, 4) is 11.1 Å². The molecular formula is C42H27NO. The molecule has 0 aliphatic rings. The Balaban J connectivity index is 1.35. The zero-order chi connectivity index (χ0) is 29.0. The third kappa shape index (κ3) is 3.89. The van der Waals surface area contributed by atoms with Gasteiger partial charge in [0, 0.05) is 21.8 Å². The molecule has 0 spiro atoms. The van der Waals surface area contributed by atoms with Crippen LogP contribution in [0.25, 0.3) is 65.4 Å². The molecule has 9 rings (SSSR count). The first-order valence-electron chi connectivity index (χ1n) is 15.0. The van der Waals surface area contributed by atoms with Gasteiger partial charge >= 0.3 is 0 Å². The van der Waals surface area contributed by atoms with Gasteiger partial charge in [-0.1, -0.05) is 127 Å². The van der Waals surface area contributed by atoms with Crippen molar-refractivity contribution >= 4 is 71.3 Å². The summed E-state index contributed by atoms with van der Waals surface area (Å²) in [6.45, 7) is 0. The number of hydrogen-bond donors (Lipinski definition) is 0. The van der Waals surface area contributed by atoms with Gasteiger partial charge in [-0.2, -0.15) is 0 Å². The number of para-hydroxylation sites is 2. The number of nitrogens with zero attached hydrogens (tertiary/aromatic N) is 1. The highest BCUT2D eigenvalue weighted by molar-refractivity contribution is 6.16. The lowest BCUT2D eigenvalue weighted by atomic mass is 9.98. The van der Waals surface area contributed by atoms with Crippen LogP contribution in [0.15, 0.2) is 168 Å². The number of anilines is 3.